The second kappa shape index (κ2) is 12.7. The van der Waals surface area contributed by atoms with Crippen LogP contribution in [0.15, 0.2) is 30.9 Å². The molecule has 0 fully saturated rings. The Morgan fingerprint density at radius 2 is 1.17 bits per heavy atom. The van der Waals surface area contributed by atoms with Crippen LogP contribution in [0.25, 0.3) is 0 Å². The van der Waals surface area contributed by atoms with Gasteiger partial charge in [0.25, 0.3) is 0 Å². The van der Waals surface area contributed by atoms with Gasteiger partial charge in [-0.2, -0.15) is 0 Å². The van der Waals surface area contributed by atoms with Gasteiger partial charge in [0, 0.05) is 6.07 Å². The zero-order valence-electron chi connectivity index (χ0n) is 12.9. The molecule has 0 N–H and O–H groups in total. The van der Waals surface area contributed by atoms with E-state index in [1.165, 1.54) is 26.6 Å². The summed E-state index contributed by atoms with van der Waals surface area (Å²) in [7, 11) is 6.14. The molecule has 0 radical (unpaired) electrons. The standard InChI is InChI=1S/C8H9NO3.C7H9NO2.2CH4/c1-11-7-3-9-4-8(12-2)6(7)5-10;1-9-6-3-7(10-2)5-8-4-6;;/h3-5H,1-2H3;3-5H,1-2H3;2*1H4. The molecule has 0 aromatic carbocycles. The maximum absolute atomic E-state index is 10.6. The van der Waals surface area contributed by atoms with E-state index in [0.717, 1.165) is 0 Å². The first-order valence-electron chi connectivity index (χ1n) is 6.24. The number of rotatable bonds is 5. The summed E-state index contributed by atoms with van der Waals surface area (Å²) in [5.74, 6) is 2.26. The van der Waals surface area contributed by atoms with Gasteiger partial charge < -0.3 is 18.9 Å². The number of carbonyl (C=O) groups is 1. The molecule has 0 aliphatic heterocycles. The lowest BCUT2D eigenvalue weighted by Gasteiger charge is -2.06. The number of pyridine rings is 2. The summed E-state index contributed by atoms with van der Waals surface area (Å²) in [4.78, 5) is 18.3. The second-order valence-electron chi connectivity index (χ2n) is 3.84. The minimum absolute atomic E-state index is 0. The van der Waals surface area contributed by atoms with Gasteiger partial charge in [-0.25, -0.2) is 0 Å². The third-order valence-corrected chi connectivity index (χ3v) is 2.63. The summed E-state index contributed by atoms with van der Waals surface area (Å²) in [6.07, 6.45) is 6.86. The van der Waals surface area contributed by atoms with Crippen molar-refractivity contribution in [1.29, 1.82) is 0 Å². The molecule has 2 heterocycles. The highest BCUT2D eigenvalue weighted by Gasteiger charge is 2.08. The predicted molar refractivity (Wildman–Crippen MR) is 93.5 cm³/mol. The van der Waals surface area contributed by atoms with Gasteiger partial charge >= 0.3 is 0 Å². The van der Waals surface area contributed by atoms with Crippen LogP contribution in [0.5, 0.6) is 23.0 Å². The van der Waals surface area contributed by atoms with E-state index >= 15 is 0 Å². The topological polar surface area (TPSA) is 79.8 Å². The van der Waals surface area contributed by atoms with Gasteiger partial charge in [-0.3, -0.25) is 14.8 Å². The van der Waals surface area contributed by atoms with E-state index in [1.807, 2.05) is 0 Å². The Morgan fingerprint density at radius 3 is 1.50 bits per heavy atom. The first-order valence-corrected chi connectivity index (χ1v) is 6.24. The zero-order chi connectivity index (χ0) is 16.4. The second-order valence-corrected chi connectivity index (χ2v) is 3.84. The van der Waals surface area contributed by atoms with E-state index in [4.69, 9.17) is 18.9 Å². The molecule has 7 nitrogen and oxygen atoms in total. The largest absolute Gasteiger partial charge is 0.495 e. The molecule has 2 aromatic heterocycles. The number of carbonyl (C=O) groups excluding carboxylic acids is 1. The number of hydrogen-bond donors (Lipinski definition) is 0. The Kier molecular flexibility index (Phi) is 12.4. The maximum atomic E-state index is 10.6. The molecular formula is C17H26N2O5. The van der Waals surface area contributed by atoms with Crippen molar-refractivity contribution in [2.45, 2.75) is 14.9 Å². The van der Waals surface area contributed by atoms with E-state index in [2.05, 4.69) is 9.97 Å². The van der Waals surface area contributed by atoms with Crippen molar-refractivity contribution in [3.05, 3.63) is 36.4 Å². The van der Waals surface area contributed by atoms with E-state index < -0.39 is 0 Å². The van der Waals surface area contributed by atoms with Gasteiger partial charge in [-0.15, -0.1) is 0 Å². The number of ether oxygens (including phenoxy) is 4. The lowest BCUT2D eigenvalue weighted by Crippen LogP contribution is -1.96. The van der Waals surface area contributed by atoms with Crippen molar-refractivity contribution in [1.82, 2.24) is 9.97 Å². The van der Waals surface area contributed by atoms with Gasteiger partial charge in [-0.1, -0.05) is 14.9 Å². The molecule has 24 heavy (non-hydrogen) atoms. The summed E-state index contributed by atoms with van der Waals surface area (Å²) < 4.78 is 19.6. The molecule has 7 heteroatoms. The van der Waals surface area contributed by atoms with E-state index in [9.17, 15) is 4.79 Å². The fourth-order valence-corrected chi connectivity index (χ4v) is 1.50. The SMILES string of the molecule is C.C.COc1cncc(OC)c1.COc1cncc(OC)c1C=O. The predicted octanol–water partition coefficient (Wildman–Crippen LogP) is 3.28. The van der Waals surface area contributed by atoms with Crippen LogP contribution in [-0.2, 0) is 0 Å². The van der Waals surface area contributed by atoms with Crippen molar-refractivity contribution < 1.29 is 23.7 Å². The van der Waals surface area contributed by atoms with Crippen LogP contribution in [0.1, 0.15) is 25.2 Å². The third kappa shape index (κ3) is 6.51. The number of nitrogens with zero attached hydrogens (tertiary/aromatic N) is 2. The molecule has 0 saturated carbocycles. The highest BCUT2D eigenvalue weighted by Crippen LogP contribution is 2.24. The smallest absolute Gasteiger partial charge is 0.157 e. The highest BCUT2D eigenvalue weighted by molar-refractivity contribution is 5.83. The zero-order valence-corrected chi connectivity index (χ0v) is 12.9. The Morgan fingerprint density at radius 1 is 0.750 bits per heavy atom. The first-order chi connectivity index (χ1) is 10.7. The fourth-order valence-electron chi connectivity index (χ4n) is 1.50. The average molecular weight is 338 g/mol. The normalized spacial score (nSPS) is 8.33. The van der Waals surface area contributed by atoms with Crippen molar-refractivity contribution in [2.24, 2.45) is 0 Å². The minimum atomic E-state index is 0. The maximum Gasteiger partial charge on any atom is 0.157 e. The molecule has 0 bridgehead atoms. The van der Waals surface area contributed by atoms with Crippen LogP contribution < -0.4 is 18.9 Å². The lowest BCUT2D eigenvalue weighted by molar-refractivity contribution is 0.111. The number of aldehydes is 1. The Labute approximate surface area is 143 Å². The molecule has 0 aliphatic rings. The van der Waals surface area contributed by atoms with Crippen molar-refractivity contribution in [3.8, 4) is 23.0 Å². The molecule has 0 aliphatic carbocycles. The molecule has 0 saturated heterocycles. The summed E-state index contributed by atoms with van der Waals surface area (Å²) in [6.45, 7) is 0. The quantitative estimate of drug-likeness (QED) is 0.774. The first kappa shape index (κ1) is 23.4. The summed E-state index contributed by atoms with van der Waals surface area (Å²) in [6, 6.07) is 1.77. The molecule has 2 aromatic rings. The lowest BCUT2D eigenvalue weighted by atomic mass is 10.2. The van der Waals surface area contributed by atoms with Crippen LogP contribution in [0.2, 0.25) is 0 Å². The van der Waals surface area contributed by atoms with Crippen LogP contribution in [-0.4, -0.2) is 44.7 Å². The van der Waals surface area contributed by atoms with Crippen LogP contribution in [0.3, 0.4) is 0 Å². The summed E-state index contributed by atoms with van der Waals surface area (Å²) in [5.41, 5.74) is 0.384. The Balaban J connectivity index is 0. The highest BCUT2D eigenvalue weighted by atomic mass is 16.5. The molecule has 2 rings (SSSR count). The molecule has 0 atom stereocenters. The average Bonchev–Trinajstić information content (AvgIpc) is 2.61. The van der Waals surface area contributed by atoms with Crippen LogP contribution in [0, 0.1) is 0 Å². The Hall–Kier alpha value is -2.83. The summed E-state index contributed by atoms with van der Waals surface area (Å²) >= 11 is 0. The molecule has 0 amide bonds. The van der Waals surface area contributed by atoms with Gasteiger partial charge in [0.05, 0.1) is 53.2 Å². The third-order valence-electron chi connectivity index (χ3n) is 2.63. The molecule has 134 valence electrons. The Bertz CT molecular complexity index is 564. The molecule has 0 spiro atoms. The van der Waals surface area contributed by atoms with Gasteiger partial charge in [-0.05, 0) is 0 Å². The van der Waals surface area contributed by atoms with Gasteiger partial charge in [0.2, 0.25) is 0 Å². The van der Waals surface area contributed by atoms with Crippen molar-refractivity contribution >= 4 is 6.29 Å². The monoisotopic (exact) mass is 338 g/mol. The number of aromatic nitrogens is 2. The van der Waals surface area contributed by atoms with E-state index in [1.54, 1.807) is 32.7 Å². The minimum Gasteiger partial charge on any atom is -0.495 e. The van der Waals surface area contributed by atoms with Crippen LogP contribution in [0.4, 0.5) is 0 Å². The number of hydrogen-bond acceptors (Lipinski definition) is 7. The van der Waals surface area contributed by atoms with E-state index in [0.29, 0.717) is 34.8 Å². The van der Waals surface area contributed by atoms with E-state index in [-0.39, 0.29) is 14.9 Å². The fraction of sp³-hybridized carbons (Fsp3) is 0.353. The van der Waals surface area contributed by atoms with Gasteiger partial charge in [0.1, 0.15) is 17.1 Å². The van der Waals surface area contributed by atoms with Crippen molar-refractivity contribution in [3.63, 3.8) is 0 Å². The van der Waals surface area contributed by atoms with Gasteiger partial charge in [0.15, 0.2) is 17.8 Å². The van der Waals surface area contributed by atoms with Crippen LogP contribution >= 0.6 is 0 Å². The number of methoxy groups -OCH3 is 4. The van der Waals surface area contributed by atoms with Crippen molar-refractivity contribution in [2.75, 3.05) is 28.4 Å². The summed E-state index contributed by atoms with van der Waals surface area (Å²) in [5, 5.41) is 0. The molecule has 0 unspecified atom stereocenters. The molecular weight excluding hydrogens is 312 g/mol.